The van der Waals surface area contributed by atoms with E-state index in [0.29, 0.717) is 18.1 Å². The second-order valence-corrected chi connectivity index (χ2v) is 7.15. The van der Waals surface area contributed by atoms with E-state index in [1.165, 1.54) is 18.2 Å². The highest BCUT2D eigenvalue weighted by Crippen LogP contribution is 2.24. The number of hydrogen-bond acceptors (Lipinski definition) is 4. The second kappa shape index (κ2) is 10.6. The summed E-state index contributed by atoms with van der Waals surface area (Å²) in [7, 11) is 1.65. The third kappa shape index (κ3) is 6.28. The molecule has 6 nitrogen and oxygen atoms in total. The van der Waals surface area contributed by atoms with E-state index in [4.69, 9.17) is 5.26 Å². The second-order valence-electron chi connectivity index (χ2n) is 7.15. The molecule has 164 valence electrons. The molecule has 0 radical (unpaired) electrons. The summed E-state index contributed by atoms with van der Waals surface area (Å²) in [4.78, 5) is 6.38. The molecule has 2 aromatic rings. The number of anilines is 1. The van der Waals surface area contributed by atoms with E-state index >= 15 is 0 Å². The SMILES string of the molecule is CN=C(NCc1ccc(C#N)cc1F)NC1CCCN(c2ccc(OC(F)F)cc2)C1. The topological polar surface area (TPSA) is 72.7 Å². The molecule has 1 fully saturated rings. The van der Waals surface area contributed by atoms with Gasteiger partial charge in [0.05, 0.1) is 11.6 Å². The Morgan fingerprint density at radius 1 is 1.29 bits per heavy atom. The van der Waals surface area contributed by atoms with E-state index in [-0.39, 0.29) is 23.9 Å². The summed E-state index contributed by atoms with van der Waals surface area (Å²) in [6, 6.07) is 13.0. The van der Waals surface area contributed by atoms with Crippen LogP contribution in [0.5, 0.6) is 5.75 Å². The van der Waals surface area contributed by atoms with Crippen LogP contribution in [0.1, 0.15) is 24.0 Å². The number of alkyl halides is 2. The fraction of sp³-hybridized carbons (Fsp3) is 0.364. The first-order chi connectivity index (χ1) is 15.0. The highest BCUT2D eigenvalue weighted by molar-refractivity contribution is 5.80. The van der Waals surface area contributed by atoms with Crippen LogP contribution in [0.2, 0.25) is 0 Å². The molecule has 31 heavy (non-hydrogen) atoms. The maximum Gasteiger partial charge on any atom is 0.387 e. The Bertz CT molecular complexity index is 943. The van der Waals surface area contributed by atoms with Gasteiger partial charge in [-0.3, -0.25) is 4.99 Å². The van der Waals surface area contributed by atoms with Crippen LogP contribution in [0.4, 0.5) is 18.9 Å². The van der Waals surface area contributed by atoms with Crippen LogP contribution >= 0.6 is 0 Å². The van der Waals surface area contributed by atoms with Crippen molar-refractivity contribution in [3.8, 4) is 11.8 Å². The van der Waals surface area contributed by atoms with Gasteiger partial charge in [-0.15, -0.1) is 0 Å². The molecule has 0 amide bonds. The number of hydrogen-bond donors (Lipinski definition) is 2. The number of rotatable bonds is 6. The van der Waals surface area contributed by atoms with E-state index in [1.54, 1.807) is 31.3 Å². The van der Waals surface area contributed by atoms with Crippen molar-refractivity contribution >= 4 is 11.6 Å². The molecule has 2 N–H and O–H groups in total. The Balaban J connectivity index is 1.55. The number of nitrogens with one attached hydrogen (secondary N) is 2. The highest BCUT2D eigenvalue weighted by Gasteiger charge is 2.21. The van der Waals surface area contributed by atoms with E-state index in [0.717, 1.165) is 25.1 Å². The van der Waals surface area contributed by atoms with Gasteiger partial charge in [0.1, 0.15) is 11.6 Å². The van der Waals surface area contributed by atoms with Crippen molar-refractivity contribution in [3.05, 3.63) is 59.4 Å². The molecule has 0 aliphatic carbocycles. The van der Waals surface area contributed by atoms with Gasteiger partial charge in [-0.2, -0.15) is 14.0 Å². The molecular formula is C22H24F3N5O. The predicted octanol–water partition coefficient (Wildman–Crippen LogP) is 3.63. The molecular weight excluding hydrogens is 407 g/mol. The number of benzene rings is 2. The zero-order chi connectivity index (χ0) is 22.2. The zero-order valence-electron chi connectivity index (χ0n) is 17.1. The summed E-state index contributed by atoms with van der Waals surface area (Å²) in [6.45, 7) is -1.04. The minimum Gasteiger partial charge on any atom is -0.435 e. The van der Waals surface area contributed by atoms with Crippen molar-refractivity contribution in [1.29, 1.82) is 5.26 Å². The Morgan fingerprint density at radius 3 is 2.71 bits per heavy atom. The van der Waals surface area contributed by atoms with Crippen LogP contribution in [0.15, 0.2) is 47.5 Å². The molecule has 1 atom stereocenters. The number of nitriles is 1. The lowest BCUT2D eigenvalue weighted by Gasteiger charge is -2.35. The fourth-order valence-corrected chi connectivity index (χ4v) is 3.50. The number of aliphatic imine (C=N–C) groups is 1. The van der Waals surface area contributed by atoms with Crippen LogP contribution < -0.4 is 20.3 Å². The van der Waals surface area contributed by atoms with Gasteiger partial charge in [-0.25, -0.2) is 4.39 Å². The molecule has 0 bridgehead atoms. The predicted molar refractivity (Wildman–Crippen MR) is 113 cm³/mol. The van der Waals surface area contributed by atoms with Crippen LogP contribution in [0.3, 0.4) is 0 Å². The first-order valence-electron chi connectivity index (χ1n) is 9.94. The lowest BCUT2D eigenvalue weighted by Crippen LogP contribution is -2.51. The van der Waals surface area contributed by atoms with Crippen molar-refractivity contribution in [2.24, 2.45) is 4.99 Å². The number of guanidine groups is 1. The molecule has 1 heterocycles. The molecule has 3 rings (SSSR count). The Hall–Kier alpha value is -3.41. The van der Waals surface area contributed by atoms with Gasteiger partial charge in [0.2, 0.25) is 0 Å². The van der Waals surface area contributed by atoms with E-state index in [2.05, 4.69) is 25.3 Å². The normalized spacial score (nSPS) is 16.7. The Labute approximate surface area is 179 Å². The number of ether oxygens (including phenoxy) is 1. The maximum absolute atomic E-state index is 14.1. The maximum atomic E-state index is 14.1. The van der Waals surface area contributed by atoms with Crippen molar-refractivity contribution < 1.29 is 17.9 Å². The number of piperidine rings is 1. The van der Waals surface area contributed by atoms with Crippen molar-refractivity contribution in [2.45, 2.75) is 32.0 Å². The van der Waals surface area contributed by atoms with Gasteiger partial charge in [-0.1, -0.05) is 6.07 Å². The summed E-state index contributed by atoms with van der Waals surface area (Å²) < 4.78 is 43.1. The molecule has 1 aliphatic rings. The standard InChI is InChI=1S/C22H24F3N5O/c1-27-22(28-13-16-5-4-15(12-26)11-20(16)23)29-17-3-2-10-30(14-17)18-6-8-19(9-7-18)31-21(24)25/h4-9,11,17,21H,2-3,10,13-14H2,1H3,(H2,27,28,29). The molecule has 0 aromatic heterocycles. The quantitative estimate of drug-likeness (QED) is 0.540. The van der Waals surface area contributed by atoms with Gasteiger partial charge in [0.25, 0.3) is 0 Å². The summed E-state index contributed by atoms with van der Waals surface area (Å²) in [6.07, 6.45) is 1.89. The Morgan fingerprint density at radius 2 is 2.06 bits per heavy atom. The minimum atomic E-state index is -2.84. The molecule has 9 heteroatoms. The van der Waals surface area contributed by atoms with Gasteiger partial charge in [0.15, 0.2) is 5.96 Å². The average molecular weight is 431 g/mol. The molecule has 1 saturated heterocycles. The lowest BCUT2D eigenvalue weighted by atomic mass is 10.0. The van der Waals surface area contributed by atoms with Crippen LogP contribution in [-0.4, -0.2) is 38.8 Å². The van der Waals surface area contributed by atoms with Gasteiger partial charge >= 0.3 is 6.61 Å². The average Bonchev–Trinajstić information content (AvgIpc) is 2.77. The molecule has 1 aliphatic heterocycles. The molecule has 1 unspecified atom stereocenters. The van der Waals surface area contributed by atoms with Gasteiger partial charge < -0.3 is 20.3 Å². The summed E-state index contributed by atoms with van der Waals surface area (Å²) in [5, 5.41) is 15.3. The number of halogens is 3. The molecule has 0 spiro atoms. The highest BCUT2D eigenvalue weighted by atomic mass is 19.3. The summed E-state index contributed by atoms with van der Waals surface area (Å²) >= 11 is 0. The first-order valence-corrected chi connectivity index (χ1v) is 9.94. The Kier molecular flexibility index (Phi) is 7.60. The molecule has 2 aromatic carbocycles. The third-order valence-electron chi connectivity index (χ3n) is 5.04. The molecule has 0 saturated carbocycles. The van der Waals surface area contributed by atoms with Crippen LogP contribution in [0, 0.1) is 17.1 Å². The van der Waals surface area contributed by atoms with Crippen molar-refractivity contribution in [1.82, 2.24) is 10.6 Å². The minimum absolute atomic E-state index is 0.114. The van der Waals surface area contributed by atoms with E-state index in [9.17, 15) is 13.2 Å². The van der Waals surface area contributed by atoms with Gasteiger partial charge in [0, 0.05) is 44.0 Å². The monoisotopic (exact) mass is 431 g/mol. The fourth-order valence-electron chi connectivity index (χ4n) is 3.50. The zero-order valence-corrected chi connectivity index (χ0v) is 17.1. The summed E-state index contributed by atoms with van der Waals surface area (Å²) in [5.41, 5.74) is 1.65. The number of nitrogens with zero attached hydrogens (tertiary/aromatic N) is 3. The van der Waals surface area contributed by atoms with Crippen molar-refractivity contribution in [2.75, 3.05) is 25.0 Å². The largest absolute Gasteiger partial charge is 0.435 e. The smallest absolute Gasteiger partial charge is 0.387 e. The first kappa shape index (κ1) is 22.3. The van der Waals surface area contributed by atoms with Crippen LogP contribution in [-0.2, 0) is 6.54 Å². The van der Waals surface area contributed by atoms with Gasteiger partial charge in [-0.05, 0) is 49.2 Å². The van der Waals surface area contributed by atoms with Crippen molar-refractivity contribution in [3.63, 3.8) is 0 Å². The van der Waals surface area contributed by atoms with E-state index in [1.807, 2.05) is 6.07 Å². The lowest BCUT2D eigenvalue weighted by molar-refractivity contribution is -0.0498. The van der Waals surface area contributed by atoms with Crippen LogP contribution in [0.25, 0.3) is 0 Å². The van der Waals surface area contributed by atoms with E-state index < -0.39 is 12.4 Å². The third-order valence-corrected chi connectivity index (χ3v) is 5.04. The summed E-state index contributed by atoms with van der Waals surface area (Å²) in [5.74, 6) is 0.242.